The molecule has 0 saturated carbocycles. The van der Waals surface area contributed by atoms with Crippen LogP contribution in [0.1, 0.15) is 192 Å². The van der Waals surface area contributed by atoms with Gasteiger partial charge in [0.05, 0.1) is 35.5 Å². The quantitative estimate of drug-likeness (QED) is 0.0619. The van der Waals surface area contributed by atoms with Crippen molar-refractivity contribution in [1.29, 1.82) is 0 Å². The molecule has 2 aromatic carbocycles. The summed E-state index contributed by atoms with van der Waals surface area (Å²) in [6.45, 7) is 11.3. The molecule has 0 aliphatic carbocycles. The van der Waals surface area contributed by atoms with Gasteiger partial charge in [-0.3, -0.25) is 0 Å². The number of aromatic carboxylic acids is 1. The standard InChI is InChI=1S/C24H38O4.C18H26O4/c1-3-5-7-9-11-15-19-27-23(25)21-17-13-14-18-22(21)24(26)28-20-16-12-10-8-6-4-2;1-4-7-10-13-18(5-2,6-3)22-17(21)15-12-9-8-11-14(15)16(19)20/h13-14,17-18H,3-12,15-16,19-20H2,1-2H3;8-9,11-12H,4-7,10,13H2,1-3H3,(H,19,20). The fourth-order valence-electron chi connectivity index (χ4n) is 5.68. The van der Waals surface area contributed by atoms with Crippen molar-refractivity contribution in [1.82, 2.24) is 0 Å². The van der Waals surface area contributed by atoms with E-state index < -0.39 is 29.5 Å². The highest BCUT2D eigenvalue weighted by atomic mass is 16.6. The van der Waals surface area contributed by atoms with Crippen molar-refractivity contribution in [3.63, 3.8) is 0 Å². The number of carbonyl (C=O) groups excluding carboxylic acids is 3. The summed E-state index contributed by atoms with van der Waals surface area (Å²) in [5, 5.41) is 9.19. The molecule has 0 saturated heterocycles. The van der Waals surface area contributed by atoms with Crippen molar-refractivity contribution >= 4 is 23.9 Å². The van der Waals surface area contributed by atoms with Crippen LogP contribution in [0.2, 0.25) is 0 Å². The monoisotopic (exact) mass is 696 g/mol. The Labute approximate surface area is 301 Å². The van der Waals surface area contributed by atoms with Gasteiger partial charge in [0.15, 0.2) is 0 Å². The van der Waals surface area contributed by atoms with Gasteiger partial charge in [0.2, 0.25) is 0 Å². The highest BCUT2D eigenvalue weighted by molar-refractivity contribution is 6.03. The Morgan fingerprint density at radius 2 is 0.860 bits per heavy atom. The number of carboxylic acid groups (broad SMARTS) is 1. The van der Waals surface area contributed by atoms with Gasteiger partial charge in [-0.1, -0.05) is 136 Å². The second-order valence-electron chi connectivity index (χ2n) is 12.9. The molecule has 2 rings (SSSR count). The van der Waals surface area contributed by atoms with Crippen molar-refractivity contribution in [2.75, 3.05) is 13.2 Å². The molecule has 0 aliphatic heterocycles. The van der Waals surface area contributed by atoms with Gasteiger partial charge in [0, 0.05) is 0 Å². The lowest BCUT2D eigenvalue weighted by atomic mass is 9.90. The Hall–Kier alpha value is -3.68. The van der Waals surface area contributed by atoms with E-state index in [9.17, 15) is 24.3 Å². The fraction of sp³-hybridized carbons (Fsp3) is 0.619. The van der Waals surface area contributed by atoms with Crippen LogP contribution < -0.4 is 0 Å². The topological polar surface area (TPSA) is 116 Å². The molecule has 0 atom stereocenters. The van der Waals surface area contributed by atoms with Crippen molar-refractivity contribution < 1.29 is 38.5 Å². The average Bonchev–Trinajstić information content (AvgIpc) is 3.13. The molecule has 0 aromatic heterocycles. The molecule has 0 spiro atoms. The zero-order chi connectivity index (χ0) is 37.0. The van der Waals surface area contributed by atoms with Gasteiger partial charge in [-0.25, -0.2) is 19.2 Å². The predicted octanol–water partition coefficient (Wildman–Crippen LogP) is 11.4. The van der Waals surface area contributed by atoms with E-state index in [1.807, 2.05) is 13.8 Å². The van der Waals surface area contributed by atoms with Gasteiger partial charge in [-0.2, -0.15) is 0 Å². The van der Waals surface area contributed by atoms with Crippen LogP contribution in [-0.4, -0.2) is 47.8 Å². The second kappa shape index (κ2) is 27.1. The minimum absolute atomic E-state index is 0.0119. The van der Waals surface area contributed by atoms with Crippen molar-refractivity contribution in [3.05, 3.63) is 70.8 Å². The summed E-state index contributed by atoms with van der Waals surface area (Å²) in [7, 11) is 0. The van der Waals surface area contributed by atoms with E-state index >= 15 is 0 Å². The van der Waals surface area contributed by atoms with E-state index in [-0.39, 0.29) is 11.1 Å². The maximum atomic E-state index is 12.5. The van der Waals surface area contributed by atoms with Gasteiger partial charge in [-0.05, 0) is 62.8 Å². The first-order valence-electron chi connectivity index (χ1n) is 19.2. The van der Waals surface area contributed by atoms with Gasteiger partial charge >= 0.3 is 23.9 Å². The average molecular weight is 697 g/mol. The minimum Gasteiger partial charge on any atom is -0.478 e. The summed E-state index contributed by atoms with van der Waals surface area (Å²) >= 11 is 0. The van der Waals surface area contributed by atoms with Gasteiger partial charge in [0.1, 0.15) is 5.60 Å². The van der Waals surface area contributed by atoms with E-state index in [1.165, 1.54) is 63.5 Å². The highest BCUT2D eigenvalue weighted by Crippen LogP contribution is 2.29. The molecule has 0 radical (unpaired) electrons. The molecule has 0 bridgehead atoms. The van der Waals surface area contributed by atoms with Crippen LogP contribution in [0.25, 0.3) is 0 Å². The molecule has 280 valence electrons. The van der Waals surface area contributed by atoms with E-state index in [0.717, 1.165) is 64.2 Å². The summed E-state index contributed by atoms with van der Waals surface area (Å²) in [4.78, 5) is 48.4. The Bertz CT molecular complexity index is 1200. The van der Waals surface area contributed by atoms with Crippen LogP contribution in [0.4, 0.5) is 0 Å². The Morgan fingerprint density at radius 3 is 1.26 bits per heavy atom. The second-order valence-corrected chi connectivity index (χ2v) is 12.9. The molecule has 0 aliphatic rings. The van der Waals surface area contributed by atoms with Crippen LogP contribution in [0.5, 0.6) is 0 Å². The van der Waals surface area contributed by atoms with Crippen molar-refractivity contribution in [2.45, 2.75) is 156 Å². The molecule has 0 fully saturated rings. The van der Waals surface area contributed by atoms with E-state index in [0.29, 0.717) is 24.3 Å². The van der Waals surface area contributed by atoms with Crippen LogP contribution in [0.15, 0.2) is 48.5 Å². The number of hydrogen-bond donors (Lipinski definition) is 1. The van der Waals surface area contributed by atoms with E-state index in [1.54, 1.807) is 36.4 Å². The van der Waals surface area contributed by atoms with Crippen molar-refractivity contribution in [2.24, 2.45) is 0 Å². The number of carbonyl (C=O) groups is 4. The number of ether oxygens (including phenoxy) is 3. The molecular weight excluding hydrogens is 632 g/mol. The third-order valence-corrected chi connectivity index (χ3v) is 9.04. The maximum Gasteiger partial charge on any atom is 0.339 e. The van der Waals surface area contributed by atoms with Crippen molar-refractivity contribution in [3.8, 4) is 0 Å². The molecule has 0 heterocycles. The molecule has 0 unspecified atom stereocenters. The predicted molar refractivity (Wildman–Crippen MR) is 200 cm³/mol. The van der Waals surface area contributed by atoms with Crippen LogP contribution >= 0.6 is 0 Å². The summed E-state index contributed by atoms with van der Waals surface area (Å²) in [6, 6.07) is 12.9. The van der Waals surface area contributed by atoms with Gasteiger partial charge < -0.3 is 19.3 Å². The number of esters is 3. The zero-order valence-corrected chi connectivity index (χ0v) is 31.6. The first-order chi connectivity index (χ1) is 24.2. The number of unbranched alkanes of at least 4 members (excludes halogenated alkanes) is 12. The lowest BCUT2D eigenvalue weighted by molar-refractivity contribution is -0.0287. The molecule has 8 heteroatoms. The Kier molecular flexibility index (Phi) is 24.0. The third kappa shape index (κ3) is 17.3. The largest absolute Gasteiger partial charge is 0.478 e. The highest BCUT2D eigenvalue weighted by Gasteiger charge is 2.31. The smallest absolute Gasteiger partial charge is 0.339 e. The SMILES string of the molecule is CCCCCC(CC)(CC)OC(=O)c1ccccc1C(=O)O.CCCCCCCCOC(=O)c1ccccc1C(=O)OCCCCCCCC. The van der Waals surface area contributed by atoms with Crippen LogP contribution in [0, 0.1) is 0 Å². The summed E-state index contributed by atoms with van der Waals surface area (Å²) in [5.74, 6) is -2.54. The molecule has 1 N–H and O–H groups in total. The number of carboxylic acids is 1. The van der Waals surface area contributed by atoms with E-state index in [4.69, 9.17) is 14.2 Å². The normalized spacial score (nSPS) is 10.9. The molecule has 2 aromatic rings. The van der Waals surface area contributed by atoms with E-state index in [2.05, 4.69) is 20.8 Å². The summed E-state index contributed by atoms with van der Waals surface area (Å²) in [6.07, 6.45) is 19.1. The number of hydrogen-bond acceptors (Lipinski definition) is 7. The molecule has 0 amide bonds. The molecule has 8 nitrogen and oxygen atoms in total. The first kappa shape index (κ1) is 44.3. The molecule has 50 heavy (non-hydrogen) atoms. The van der Waals surface area contributed by atoms with Gasteiger partial charge in [-0.15, -0.1) is 0 Å². The first-order valence-corrected chi connectivity index (χ1v) is 19.2. The summed E-state index contributed by atoms with van der Waals surface area (Å²) in [5.41, 5.74) is 0.194. The van der Waals surface area contributed by atoms with Crippen LogP contribution in [0.3, 0.4) is 0 Å². The maximum absolute atomic E-state index is 12.5. The fourth-order valence-corrected chi connectivity index (χ4v) is 5.68. The zero-order valence-electron chi connectivity index (χ0n) is 31.6. The number of benzene rings is 2. The van der Waals surface area contributed by atoms with Gasteiger partial charge in [0.25, 0.3) is 0 Å². The number of rotatable bonds is 25. The summed E-state index contributed by atoms with van der Waals surface area (Å²) < 4.78 is 16.5. The minimum atomic E-state index is -1.11. The Morgan fingerprint density at radius 1 is 0.500 bits per heavy atom. The van der Waals surface area contributed by atoms with Crippen LogP contribution in [-0.2, 0) is 14.2 Å². The lowest BCUT2D eigenvalue weighted by Crippen LogP contribution is -2.34. The lowest BCUT2D eigenvalue weighted by Gasteiger charge is -2.32. The molecular formula is C42H64O8. The third-order valence-electron chi connectivity index (χ3n) is 9.04. The Balaban J connectivity index is 0.000000515.